The number of carbonyl (C=O) groups excluding carboxylic acids is 1. The number of aromatic amines is 1. The van der Waals surface area contributed by atoms with Gasteiger partial charge < -0.3 is 5.32 Å². The Hall–Kier alpha value is -2.33. The Morgan fingerprint density at radius 2 is 1.96 bits per heavy atom. The van der Waals surface area contributed by atoms with Gasteiger partial charge in [-0.1, -0.05) is 68.6 Å². The molecule has 3 rings (SSSR count). The zero-order chi connectivity index (χ0) is 19.1. The van der Waals surface area contributed by atoms with E-state index in [9.17, 15) is 10.1 Å². The highest BCUT2D eigenvalue weighted by molar-refractivity contribution is 7.99. The van der Waals surface area contributed by atoms with Crippen LogP contribution in [-0.4, -0.2) is 32.4 Å². The highest BCUT2D eigenvalue weighted by Gasteiger charge is 2.32. The quantitative estimate of drug-likeness (QED) is 0.583. The molecule has 1 amide bonds. The molecule has 0 saturated heterocycles. The fourth-order valence-corrected chi connectivity index (χ4v) is 3.97. The van der Waals surface area contributed by atoms with E-state index in [-0.39, 0.29) is 11.7 Å². The largest absolute Gasteiger partial charge is 0.337 e. The standard InChI is InChI=1S/C20H25N5OS/c1-2-15-7-9-16(10-8-15)18-22-19(25-24-18)27-13-17(26)23-20(14-21)11-5-3-4-6-12-20/h7-10H,2-6,11-13H2,1H3,(H,23,26)(H,22,24,25). The third-order valence-corrected chi connectivity index (χ3v) is 5.83. The Bertz CT molecular complexity index is 801. The number of aromatic nitrogens is 3. The minimum atomic E-state index is -0.709. The Balaban J connectivity index is 1.56. The van der Waals surface area contributed by atoms with Crippen LogP contribution < -0.4 is 5.32 Å². The third-order valence-electron chi connectivity index (χ3n) is 4.98. The number of nitrogens with one attached hydrogen (secondary N) is 2. The molecule has 27 heavy (non-hydrogen) atoms. The van der Waals surface area contributed by atoms with Crippen LogP contribution in [0.25, 0.3) is 11.4 Å². The predicted octanol–water partition coefficient (Wildman–Crippen LogP) is 3.86. The van der Waals surface area contributed by atoms with Gasteiger partial charge in [-0.3, -0.25) is 9.89 Å². The first-order valence-electron chi connectivity index (χ1n) is 9.51. The van der Waals surface area contributed by atoms with Crippen molar-refractivity contribution < 1.29 is 4.79 Å². The lowest BCUT2D eigenvalue weighted by molar-refractivity contribution is -0.120. The molecule has 1 saturated carbocycles. The fourth-order valence-electron chi connectivity index (χ4n) is 3.37. The van der Waals surface area contributed by atoms with Crippen LogP contribution in [0, 0.1) is 11.3 Å². The summed E-state index contributed by atoms with van der Waals surface area (Å²) in [7, 11) is 0. The lowest BCUT2D eigenvalue weighted by atomic mass is 9.92. The third kappa shape index (κ3) is 5.10. The molecule has 0 aliphatic heterocycles. The fraction of sp³-hybridized carbons (Fsp3) is 0.500. The van der Waals surface area contributed by atoms with Crippen molar-refractivity contribution >= 4 is 17.7 Å². The molecular weight excluding hydrogens is 358 g/mol. The lowest BCUT2D eigenvalue weighted by Crippen LogP contribution is -2.47. The Morgan fingerprint density at radius 1 is 1.26 bits per heavy atom. The number of amides is 1. The van der Waals surface area contributed by atoms with E-state index in [2.05, 4.69) is 45.6 Å². The molecule has 0 unspecified atom stereocenters. The smallest absolute Gasteiger partial charge is 0.231 e. The summed E-state index contributed by atoms with van der Waals surface area (Å²) in [5, 5.41) is 20.2. The van der Waals surface area contributed by atoms with Crippen molar-refractivity contribution in [3.05, 3.63) is 29.8 Å². The van der Waals surface area contributed by atoms with E-state index in [1.807, 2.05) is 12.1 Å². The zero-order valence-electron chi connectivity index (χ0n) is 15.6. The minimum absolute atomic E-state index is 0.137. The van der Waals surface area contributed by atoms with Crippen LogP contribution >= 0.6 is 11.8 Å². The van der Waals surface area contributed by atoms with Crippen LogP contribution in [0.4, 0.5) is 0 Å². The normalized spacial score (nSPS) is 16.3. The maximum Gasteiger partial charge on any atom is 0.231 e. The van der Waals surface area contributed by atoms with Crippen LogP contribution in [0.5, 0.6) is 0 Å². The minimum Gasteiger partial charge on any atom is -0.337 e. The summed E-state index contributed by atoms with van der Waals surface area (Å²) in [6, 6.07) is 10.5. The highest BCUT2D eigenvalue weighted by atomic mass is 32.2. The maximum atomic E-state index is 12.4. The Morgan fingerprint density at radius 3 is 2.59 bits per heavy atom. The summed E-state index contributed by atoms with van der Waals surface area (Å²) in [6.45, 7) is 2.12. The van der Waals surface area contributed by atoms with E-state index in [1.165, 1.54) is 17.3 Å². The van der Waals surface area contributed by atoms with E-state index in [0.717, 1.165) is 50.5 Å². The van der Waals surface area contributed by atoms with Crippen molar-refractivity contribution in [1.29, 1.82) is 5.26 Å². The van der Waals surface area contributed by atoms with E-state index in [0.29, 0.717) is 11.0 Å². The molecule has 1 heterocycles. The Labute approximate surface area is 164 Å². The molecule has 142 valence electrons. The second kappa shape index (κ2) is 9.05. The van der Waals surface area contributed by atoms with Gasteiger partial charge in [0, 0.05) is 5.56 Å². The van der Waals surface area contributed by atoms with Gasteiger partial charge in [-0.05, 0) is 24.8 Å². The SMILES string of the molecule is CCc1ccc(-c2nc(SCC(=O)NC3(C#N)CCCCCC3)n[nH]2)cc1. The molecule has 1 aromatic carbocycles. The van der Waals surface area contributed by atoms with E-state index < -0.39 is 5.54 Å². The first-order chi connectivity index (χ1) is 13.1. The number of aryl methyl sites for hydroxylation is 1. The summed E-state index contributed by atoms with van der Waals surface area (Å²) < 4.78 is 0. The Kier molecular flexibility index (Phi) is 6.51. The molecule has 1 aromatic heterocycles. The first kappa shape index (κ1) is 19.4. The van der Waals surface area contributed by atoms with Crippen molar-refractivity contribution in [3.63, 3.8) is 0 Å². The van der Waals surface area contributed by atoms with Gasteiger partial charge in [0.25, 0.3) is 0 Å². The second-order valence-electron chi connectivity index (χ2n) is 6.96. The number of hydrogen-bond acceptors (Lipinski definition) is 5. The van der Waals surface area contributed by atoms with Crippen molar-refractivity contribution in [2.75, 3.05) is 5.75 Å². The van der Waals surface area contributed by atoms with E-state index in [1.54, 1.807) is 0 Å². The first-order valence-corrected chi connectivity index (χ1v) is 10.5. The average molecular weight is 384 g/mol. The number of H-pyrrole nitrogens is 1. The molecule has 6 nitrogen and oxygen atoms in total. The number of benzene rings is 1. The average Bonchev–Trinajstić information content (AvgIpc) is 3.06. The van der Waals surface area contributed by atoms with Gasteiger partial charge in [-0.25, -0.2) is 4.98 Å². The van der Waals surface area contributed by atoms with Crippen molar-refractivity contribution in [2.45, 2.75) is 62.6 Å². The van der Waals surface area contributed by atoms with Gasteiger partial charge in [-0.15, -0.1) is 5.10 Å². The molecule has 1 fully saturated rings. The van der Waals surface area contributed by atoms with Crippen molar-refractivity contribution in [2.24, 2.45) is 0 Å². The molecular formula is C20H25N5OS. The number of rotatable bonds is 6. The molecule has 0 spiro atoms. The summed E-state index contributed by atoms with van der Waals surface area (Å²) in [4.78, 5) is 16.8. The predicted molar refractivity (Wildman–Crippen MR) is 106 cm³/mol. The van der Waals surface area contributed by atoms with Gasteiger partial charge >= 0.3 is 0 Å². The summed E-state index contributed by atoms with van der Waals surface area (Å²) in [6.07, 6.45) is 6.71. The highest BCUT2D eigenvalue weighted by Crippen LogP contribution is 2.27. The molecule has 2 N–H and O–H groups in total. The topological polar surface area (TPSA) is 94.5 Å². The molecule has 7 heteroatoms. The van der Waals surface area contributed by atoms with Crippen LogP contribution in [0.1, 0.15) is 51.0 Å². The van der Waals surface area contributed by atoms with Crippen LogP contribution in [0.15, 0.2) is 29.4 Å². The van der Waals surface area contributed by atoms with Gasteiger partial charge in [0.1, 0.15) is 5.54 Å². The summed E-state index contributed by atoms with van der Waals surface area (Å²) in [5.41, 5.74) is 1.53. The maximum absolute atomic E-state index is 12.4. The molecule has 0 atom stereocenters. The molecule has 0 radical (unpaired) electrons. The van der Waals surface area contributed by atoms with Gasteiger partial charge in [-0.2, -0.15) is 5.26 Å². The lowest BCUT2D eigenvalue weighted by Gasteiger charge is -2.26. The molecule has 2 aromatic rings. The van der Waals surface area contributed by atoms with Crippen LogP contribution in [0.2, 0.25) is 0 Å². The number of carbonyl (C=O) groups is 1. The van der Waals surface area contributed by atoms with Gasteiger partial charge in [0.05, 0.1) is 11.8 Å². The monoisotopic (exact) mass is 383 g/mol. The van der Waals surface area contributed by atoms with E-state index >= 15 is 0 Å². The summed E-state index contributed by atoms with van der Waals surface area (Å²) >= 11 is 1.28. The second-order valence-corrected chi connectivity index (χ2v) is 7.90. The number of nitrogens with zero attached hydrogens (tertiary/aromatic N) is 3. The molecule has 1 aliphatic rings. The van der Waals surface area contributed by atoms with Crippen molar-refractivity contribution in [3.8, 4) is 17.5 Å². The zero-order valence-corrected chi connectivity index (χ0v) is 16.4. The molecule has 0 bridgehead atoms. The number of thioether (sulfide) groups is 1. The van der Waals surface area contributed by atoms with Crippen molar-refractivity contribution in [1.82, 2.24) is 20.5 Å². The molecule has 1 aliphatic carbocycles. The van der Waals surface area contributed by atoms with Gasteiger partial charge in [0.2, 0.25) is 11.1 Å². The van der Waals surface area contributed by atoms with E-state index in [4.69, 9.17) is 0 Å². The van der Waals surface area contributed by atoms with Crippen LogP contribution in [-0.2, 0) is 11.2 Å². The van der Waals surface area contributed by atoms with Crippen LogP contribution in [0.3, 0.4) is 0 Å². The number of hydrogen-bond donors (Lipinski definition) is 2. The number of nitriles is 1. The summed E-state index contributed by atoms with van der Waals surface area (Å²) in [5.74, 6) is 0.759. The van der Waals surface area contributed by atoms with Gasteiger partial charge in [0.15, 0.2) is 5.82 Å².